The summed E-state index contributed by atoms with van der Waals surface area (Å²) in [6, 6.07) is 8.97. The Labute approximate surface area is 161 Å². The molecule has 0 atom stereocenters. The third-order valence-corrected chi connectivity index (χ3v) is 7.03. The van der Waals surface area contributed by atoms with Gasteiger partial charge in [-0.15, -0.1) is 0 Å². The molecule has 0 radical (unpaired) electrons. The van der Waals surface area contributed by atoms with Gasteiger partial charge < -0.3 is 0 Å². The molecule has 1 heterocycles. The number of rotatable bonds is 2. The molecule has 0 aliphatic rings. The number of benzene rings is 2. The summed E-state index contributed by atoms with van der Waals surface area (Å²) < 4.78 is 5.78. The average Bonchev–Trinajstić information content (AvgIpc) is 2.88. The summed E-state index contributed by atoms with van der Waals surface area (Å²) in [5.74, 6) is 0. The van der Waals surface area contributed by atoms with E-state index in [-0.39, 0.29) is 0 Å². The van der Waals surface area contributed by atoms with Crippen LogP contribution in [0, 0.1) is 45.5 Å². The Morgan fingerprint density at radius 2 is 0.960 bits per heavy atom. The topological polar surface area (TPSA) is 9.86 Å². The van der Waals surface area contributed by atoms with Crippen LogP contribution < -0.4 is 0 Å². The molecule has 3 aromatic rings. The molecule has 4 heteroatoms. The van der Waals surface area contributed by atoms with Gasteiger partial charge >= 0.3 is 162 Å². The first kappa shape index (κ1) is 18.4. The van der Waals surface area contributed by atoms with Crippen molar-refractivity contribution in [2.75, 3.05) is 0 Å². The Morgan fingerprint density at radius 3 is 1.24 bits per heavy atom. The second-order valence-corrected chi connectivity index (χ2v) is 9.40. The van der Waals surface area contributed by atoms with E-state index < -0.39 is 16.2 Å². The van der Waals surface area contributed by atoms with Gasteiger partial charge in [0.25, 0.3) is 0 Å². The van der Waals surface area contributed by atoms with Gasteiger partial charge in [0, 0.05) is 0 Å². The Balaban J connectivity index is 2.31. The van der Waals surface area contributed by atoms with Gasteiger partial charge in [-0.1, -0.05) is 0 Å². The maximum absolute atomic E-state index is 6.53. The molecule has 0 N–H and O–H groups in total. The molecule has 0 fully saturated rings. The fraction of sp³-hybridized carbons (Fsp3) is 0.286. The molecule has 3 rings (SSSR count). The fourth-order valence-electron chi connectivity index (χ4n) is 3.85. The minimum absolute atomic E-state index is 0.762. The Bertz CT molecular complexity index is 901. The predicted octanol–water partition coefficient (Wildman–Crippen LogP) is 5.89. The van der Waals surface area contributed by atoms with Gasteiger partial charge in [0.15, 0.2) is 0 Å². The Hall–Kier alpha value is -1.41. The Kier molecular flexibility index (Phi) is 5.20. The van der Waals surface area contributed by atoms with Crippen molar-refractivity contribution in [1.29, 1.82) is 0 Å². The molecule has 0 aliphatic heterocycles. The van der Waals surface area contributed by atoms with Gasteiger partial charge in [-0.05, 0) is 0 Å². The molecule has 0 bridgehead atoms. The molecule has 25 heavy (non-hydrogen) atoms. The van der Waals surface area contributed by atoms with Gasteiger partial charge in [0.2, 0.25) is 0 Å². The number of aromatic nitrogens is 2. The van der Waals surface area contributed by atoms with Crippen molar-refractivity contribution >= 4 is 9.58 Å². The molecule has 0 saturated heterocycles. The zero-order chi connectivity index (χ0) is 18.3. The molecule has 134 valence electrons. The molecule has 0 aliphatic carbocycles. The summed E-state index contributed by atoms with van der Waals surface area (Å²) in [7, 11) is 6.53. The molecule has 2 aromatic carbocycles. The molecule has 0 unspecified atom stereocenters. The van der Waals surface area contributed by atoms with Crippen molar-refractivity contribution in [3.8, 4) is 11.4 Å². The average molecular weight is 532 g/mol. The van der Waals surface area contributed by atoms with Crippen molar-refractivity contribution in [1.82, 2.24) is 9.13 Å². The Morgan fingerprint density at radius 1 is 0.640 bits per heavy atom. The molecule has 0 saturated carbocycles. The van der Waals surface area contributed by atoms with Gasteiger partial charge in [-0.25, -0.2) is 0 Å². The third-order valence-electron chi connectivity index (χ3n) is 4.55. The standard InChI is InChI=1S/C21H24N2.ClH.Ir/c1-14-9-16(3)20(17(4)10-14)22-7-8-23(13-22)21-18(5)11-15(2)12-19(21)6;;/h7-12H,1-6H3;1H;/q;;+1/p-1. The van der Waals surface area contributed by atoms with Gasteiger partial charge in [0.1, 0.15) is 0 Å². The quantitative estimate of drug-likeness (QED) is 0.390. The van der Waals surface area contributed by atoms with Crippen molar-refractivity contribution in [2.45, 2.75) is 41.5 Å². The van der Waals surface area contributed by atoms with E-state index in [1.807, 2.05) is 0 Å². The summed E-state index contributed by atoms with van der Waals surface area (Å²) in [4.78, 5) is 0. The SMILES string of the molecule is Cc1cc(C)c(-n2ccn(-c3c(C)cc(C)cc3C)[c]2=[Ir][Cl])c(C)c1. The molecule has 0 amide bonds. The van der Waals surface area contributed by atoms with Crippen molar-refractivity contribution < 1.29 is 16.2 Å². The fourth-order valence-corrected chi connectivity index (χ4v) is 6.18. The van der Waals surface area contributed by atoms with Crippen LogP contribution in [0.25, 0.3) is 11.4 Å². The predicted molar refractivity (Wildman–Crippen MR) is 103 cm³/mol. The van der Waals surface area contributed by atoms with Crippen LogP contribution in [0.3, 0.4) is 0 Å². The summed E-state index contributed by atoms with van der Waals surface area (Å²) in [6.07, 6.45) is 4.31. The first-order valence-electron chi connectivity index (χ1n) is 8.35. The third kappa shape index (κ3) is 3.33. The first-order valence-corrected chi connectivity index (χ1v) is 12.5. The van der Waals surface area contributed by atoms with E-state index >= 15 is 0 Å². The molecule has 2 nitrogen and oxygen atoms in total. The van der Waals surface area contributed by atoms with Gasteiger partial charge in [-0.2, -0.15) is 0 Å². The second-order valence-electron chi connectivity index (χ2n) is 6.84. The summed E-state index contributed by atoms with van der Waals surface area (Å²) in [5, 5.41) is 0. The van der Waals surface area contributed by atoms with Crippen LogP contribution in [-0.2, 0) is 16.2 Å². The summed E-state index contributed by atoms with van der Waals surface area (Å²) in [5.41, 5.74) is 10.3. The van der Waals surface area contributed by atoms with Gasteiger partial charge in [-0.3, -0.25) is 0 Å². The number of aryl methyl sites for hydroxylation is 6. The monoisotopic (exact) mass is 532 g/mol. The van der Waals surface area contributed by atoms with Gasteiger partial charge in [0.05, 0.1) is 0 Å². The second kappa shape index (κ2) is 7.07. The van der Waals surface area contributed by atoms with E-state index in [0.29, 0.717) is 0 Å². The number of nitrogens with zero attached hydrogens (tertiary/aromatic N) is 2. The van der Waals surface area contributed by atoms with Crippen molar-refractivity contribution in [3.63, 3.8) is 0 Å². The van der Waals surface area contributed by atoms with E-state index in [2.05, 4.69) is 87.3 Å². The minimum atomic E-state index is -0.762. The molecular weight excluding hydrogens is 508 g/mol. The van der Waals surface area contributed by atoms with Crippen LogP contribution in [0.4, 0.5) is 0 Å². The van der Waals surface area contributed by atoms with Crippen LogP contribution in [0.2, 0.25) is 0 Å². The van der Waals surface area contributed by atoms with E-state index in [0.717, 1.165) is 0 Å². The summed E-state index contributed by atoms with van der Waals surface area (Å²) >= 11 is -0.762. The van der Waals surface area contributed by atoms with Crippen LogP contribution in [-0.4, -0.2) is 9.13 Å². The number of halogens is 1. The van der Waals surface area contributed by atoms with Crippen LogP contribution in [0.5, 0.6) is 0 Å². The maximum atomic E-state index is 6.53. The van der Waals surface area contributed by atoms with E-state index in [4.69, 9.17) is 9.58 Å². The normalized spacial score (nSPS) is 11.3. The van der Waals surface area contributed by atoms with E-state index in [1.54, 1.807) is 0 Å². The van der Waals surface area contributed by atoms with Crippen molar-refractivity contribution in [2.24, 2.45) is 0 Å². The summed E-state index contributed by atoms with van der Waals surface area (Å²) in [6.45, 7) is 13.0. The number of imidazole rings is 1. The molecule has 1 aromatic heterocycles. The zero-order valence-corrected chi connectivity index (χ0v) is 18.7. The van der Waals surface area contributed by atoms with Crippen LogP contribution in [0.1, 0.15) is 33.4 Å². The van der Waals surface area contributed by atoms with E-state index in [9.17, 15) is 0 Å². The van der Waals surface area contributed by atoms with Crippen LogP contribution >= 0.6 is 9.58 Å². The zero-order valence-electron chi connectivity index (χ0n) is 15.6. The molecule has 0 spiro atoms. The van der Waals surface area contributed by atoms with E-state index in [1.165, 1.54) is 48.7 Å². The number of hydrogen-bond acceptors (Lipinski definition) is 0. The molecular formula is C21H24ClIrN2. The van der Waals surface area contributed by atoms with Crippen molar-refractivity contribution in [3.05, 3.63) is 74.0 Å². The van der Waals surface area contributed by atoms with Crippen LogP contribution in [0.15, 0.2) is 36.7 Å². The number of hydrogen-bond donors (Lipinski definition) is 0. The first-order chi connectivity index (χ1) is 11.8.